The summed E-state index contributed by atoms with van der Waals surface area (Å²) in [6.07, 6.45) is 2.13. The Bertz CT molecular complexity index is 1290. The third-order valence-electron chi connectivity index (χ3n) is 5.78. The lowest BCUT2D eigenvalue weighted by Crippen LogP contribution is -2.49. The lowest BCUT2D eigenvalue weighted by Gasteiger charge is -2.38. The second-order valence-corrected chi connectivity index (χ2v) is 9.31. The van der Waals surface area contributed by atoms with Crippen LogP contribution in [0.1, 0.15) is 25.1 Å². The van der Waals surface area contributed by atoms with Crippen molar-refractivity contribution in [2.24, 2.45) is 7.05 Å². The number of nitrogens with one attached hydrogen (secondary N) is 1. The summed E-state index contributed by atoms with van der Waals surface area (Å²) >= 11 is 6.44. The summed E-state index contributed by atoms with van der Waals surface area (Å²) < 4.78 is 12.8. The third-order valence-corrected chi connectivity index (χ3v) is 6.09. The normalized spacial score (nSPS) is 15.4. The van der Waals surface area contributed by atoms with E-state index >= 15 is 0 Å². The number of hydrogen-bond acceptors (Lipinski definition) is 7. The Morgan fingerprint density at radius 3 is 2.85 bits per heavy atom. The van der Waals surface area contributed by atoms with Gasteiger partial charge in [0, 0.05) is 39.0 Å². The molecule has 2 aromatic heterocycles. The molecule has 9 nitrogen and oxygen atoms in total. The summed E-state index contributed by atoms with van der Waals surface area (Å²) in [7, 11) is 3.19. The van der Waals surface area contributed by atoms with Gasteiger partial charge in [-0.2, -0.15) is 0 Å². The lowest BCUT2D eigenvalue weighted by molar-refractivity contribution is -0.122. The van der Waals surface area contributed by atoms with Gasteiger partial charge in [-0.25, -0.2) is 9.97 Å². The van der Waals surface area contributed by atoms with Crippen molar-refractivity contribution in [2.75, 3.05) is 38.3 Å². The van der Waals surface area contributed by atoms with E-state index in [4.69, 9.17) is 26.1 Å². The monoisotopic (exact) mass is 485 g/mol. The van der Waals surface area contributed by atoms with Crippen LogP contribution < -0.4 is 20.5 Å². The molecule has 0 bridgehead atoms. The van der Waals surface area contributed by atoms with Crippen molar-refractivity contribution in [2.45, 2.75) is 25.9 Å². The highest BCUT2D eigenvalue weighted by Gasteiger charge is 2.29. The van der Waals surface area contributed by atoms with Crippen LogP contribution in [-0.2, 0) is 23.0 Å². The minimum Gasteiger partial charge on any atom is -0.478 e. The summed E-state index contributed by atoms with van der Waals surface area (Å²) in [4.78, 5) is 35.4. The van der Waals surface area contributed by atoms with Crippen molar-refractivity contribution in [1.82, 2.24) is 19.9 Å². The molecule has 0 saturated carbocycles. The van der Waals surface area contributed by atoms with Gasteiger partial charge in [0.05, 0.1) is 34.6 Å². The van der Waals surface area contributed by atoms with Crippen molar-refractivity contribution in [1.29, 1.82) is 0 Å². The van der Waals surface area contributed by atoms with Crippen LogP contribution in [0.15, 0.2) is 35.3 Å². The SMILES string of the molecule is CNC(=O)COc1cc2cc(Cc3nc(N4CCOC(C)(C)C4)ncc3Cl)ccc2n(C)c1=O. The topological polar surface area (TPSA) is 98.6 Å². The first-order valence-corrected chi connectivity index (χ1v) is 11.4. The Kier molecular flexibility index (Phi) is 6.77. The number of anilines is 1. The van der Waals surface area contributed by atoms with E-state index in [1.807, 2.05) is 32.0 Å². The summed E-state index contributed by atoms with van der Waals surface area (Å²) in [5.74, 6) is 0.436. The largest absolute Gasteiger partial charge is 0.478 e. The van der Waals surface area contributed by atoms with Crippen LogP contribution in [0.2, 0.25) is 5.02 Å². The number of likely N-dealkylation sites (N-methyl/N-ethyl adjacent to an activating group) is 1. The predicted octanol–water partition coefficient (Wildman–Crippen LogP) is 2.31. The second-order valence-electron chi connectivity index (χ2n) is 8.90. The van der Waals surface area contributed by atoms with Crippen molar-refractivity contribution < 1.29 is 14.3 Å². The number of fused-ring (bicyclic) bond motifs is 1. The van der Waals surface area contributed by atoms with Crippen molar-refractivity contribution >= 4 is 34.4 Å². The Hall–Kier alpha value is -3.17. The molecule has 1 aliphatic rings. The predicted molar refractivity (Wildman–Crippen MR) is 131 cm³/mol. The zero-order valence-electron chi connectivity index (χ0n) is 19.7. The molecule has 1 N–H and O–H groups in total. The molecule has 180 valence electrons. The van der Waals surface area contributed by atoms with Gasteiger partial charge in [0.15, 0.2) is 12.4 Å². The summed E-state index contributed by atoms with van der Waals surface area (Å²) in [5.41, 5.74) is 1.87. The number of carbonyl (C=O) groups is 1. The Labute approximate surface area is 202 Å². The molecule has 0 radical (unpaired) electrons. The second kappa shape index (κ2) is 9.60. The molecule has 0 spiro atoms. The molecule has 0 aliphatic carbocycles. The first kappa shape index (κ1) is 24.0. The molecular weight excluding hydrogens is 458 g/mol. The van der Waals surface area contributed by atoms with E-state index in [0.29, 0.717) is 37.1 Å². The average molecular weight is 486 g/mol. The van der Waals surface area contributed by atoms with Gasteiger partial charge in [0.25, 0.3) is 11.5 Å². The van der Waals surface area contributed by atoms with Gasteiger partial charge in [0.1, 0.15) is 0 Å². The van der Waals surface area contributed by atoms with E-state index < -0.39 is 0 Å². The van der Waals surface area contributed by atoms with Crippen LogP contribution in [0, 0.1) is 0 Å². The maximum Gasteiger partial charge on any atom is 0.293 e. The van der Waals surface area contributed by atoms with Crippen LogP contribution in [0.4, 0.5) is 5.95 Å². The smallest absolute Gasteiger partial charge is 0.293 e. The minimum atomic E-state index is -0.311. The zero-order chi connectivity index (χ0) is 24.5. The van der Waals surface area contributed by atoms with E-state index in [0.717, 1.165) is 22.2 Å². The van der Waals surface area contributed by atoms with Gasteiger partial charge < -0.3 is 24.3 Å². The first-order chi connectivity index (χ1) is 16.2. The molecule has 34 heavy (non-hydrogen) atoms. The fraction of sp³-hybridized carbons (Fsp3) is 0.417. The number of carbonyl (C=O) groups excluding carboxylic acids is 1. The van der Waals surface area contributed by atoms with Crippen LogP contribution in [-0.4, -0.2) is 59.4 Å². The van der Waals surface area contributed by atoms with Crippen LogP contribution in [0.3, 0.4) is 0 Å². The first-order valence-electron chi connectivity index (χ1n) is 11.0. The molecule has 1 amide bonds. The number of rotatable bonds is 6. The number of morpholine rings is 1. The Morgan fingerprint density at radius 2 is 2.12 bits per heavy atom. The number of hydrogen-bond donors (Lipinski definition) is 1. The van der Waals surface area contributed by atoms with Gasteiger partial charge in [-0.1, -0.05) is 17.7 Å². The zero-order valence-corrected chi connectivity index (χ0v) is 20.5. The summed E-state index contributed by atoms with van der Waals surface area (Å²) in [5, 5.41) is 3.78. The average Bonchev–Trinajstić information content (AvgIpc) is 2.81. The third kappa shape index (κ3) is 5.15. The number of amides is 1. The molecule has 0 unspecified atom stereocenters. The van der Waals surface area contributed by atoms with Gasteiger partial charge in [-0.3, -0.25) is 9.59 Å². The Morgan fingerprint density at radius 1 is 1.32 bits per heavy atom. The standard InChI is InChI=1S/C24H28ClN5O4/c1-24(2)14-30(7-8-34-24)23-27-12-17(25)18(28-23)10-15-5-6-19-16(9-15)11-20(22(32)29(19)4)33-13-21(31)26-3/h5-6,9,11-12H,7-8,10,13-14H2,1-4H3,(H,26,31). The van der Waals surface area contributed by atoms with Gasteiger partial charge >= 0.3 is 0 Å². The molecule has 10 heteroatoms. The molecule has 3 heterocycles. The van der Waals surface area contributed by atoms with E-state index in [-0.39, 0.29) is 29.4 Å². The van der Waals surface area contributed by atoms with Gasteiger partial charge in [-0.15, -0.1) is 0 Å². The molecule has 3 aromatic rings. The molecule has 0 atom stereocenters. The summed E-state index contributed by atoms with van der Waals surface area (Å²) in [6.45, 7) is 5.89. The van der Waals surface area contributed by atoms with E-state index in [2.05, 4.69) is 15.2 Å². The Balaban J connectivity index is 1.62. The van der Waals surface area contributed by atoms with Crippen molar-refractivity contribution in [3.63, 3.8) is 0 Å². The fourth-order valence-corrected chi connectivity index (χ4v) is 4.14. The summed E-state index contributed by atoms with van der Waals surface area (Å²) in [6, 6.07) is 7.46. The number of nitrogens with zero attached hydrogens (tertiary/aromatic N) is 4. The maximum absolute atomic E-state index is 12.6. The quantitative estimate of drug-likeness (QED) is 0.572. The van der Waals surface area contributed by atoms with Crippen LogP contribution in [0.25, 0.3) is 10.9 Å². The number of halogens is 1. The highest BCUT2D eigenvalue weighted by Crippen LogP contribution is 2.25. The number of pyridine rings is 1. The van der Waals surface area contributed by atoms with E-state index in [1.54, 1.807) is 19.3 Å². The lowest BCUT2D eigenvalue weighted by atomic mass is 10.1. The van der Waals surface area contributed by atoms with Crippen LogP contribution in [0.5, 0.6) is 5.75 Å². The van der Waals surface area contributed by atoms with Gasteiger partial charge in [-0.05, 0) is 37.6 Å². The molecular formula is C24H28ClN5O4. The maximum atomic E-state index is 12.6. The minimum absolute atomic E-state index is 0.119. The highest BCUT2D eigenvalue weighted by molar-refractivity contribution is 6.31. The van der Waals surface area contributed by atoms with E-state index in [9.17, 15) is 9.59 Å². The highest BCUT2D eigenvalue weighted by atomic mass is 35.5. The molecule has 1 saturated heterocycles. The van der Waals surface area contributed by atoms with Crippen molar-refractivity contribution in [3.05, 3.63) is 57.1 Å². The molecule has 1 aliphatic heterocycles. The van der Waals surface area contributed by atoms with Crippen molar-refractivity contribution in [3.8, 4) is 5.75 Å². The molecule has 1 aromatic carbocycles. The molecule has 4 rings (SSSR count). The van der Waals surface area contributed by atoms with Gasteiger partial charge in [0.2, 0.25) is 5.95 Å². The number of ether oxygens (including phenoxy) is 2. The van der Waals surface area contributed by atoms with E-state index in [1.165, 1.54) is 11.6 Å². The van der Waals surface area contributed by atoms with Crippen LogP contribution >= 0.6 is 11.6 Å². The number of benzene rings is 1. The molecule has 1 fully saturated rings. The number of aromatic nitrogens is 3. The number of aryl methyl sites for hydroxylation is 1. The fourth-order valence-electron chi connectivity index (χ4n) is 3.98.